The first-order chi connectivity index (χ1) is 14.8. The summed E-state index contributed by atoms with van der Waals surface area (Å²) in [6.45, 7) is 7.85. The predicted octanol–water partition coefficient (Wildman–Crippen LogP) is 3.03. The largest absolute Gasteiger partial charge is 0.344 e. The molecule has 2 aromatic rings. The topological polar surface area (TPSA) is 90.5 Å². The molecule has 1 fully saturated rings. The Balaban J connectivity index is 1.64. The van der Waals surface area contributed by atoms with Crippen LogP contribution >= 0.6 is 0 Å². The quantitative estimate of drug-likeness (QED) is 0.571. The number of carbonyl (C=O) groups excluding carboxylic acids is 3. The highest BCUT2D eigenvalue weighted by Crippen LogP contribution is 2.27. The van der Waals surface area contributed by atoms with Gasteiger partial charge in [-0.2, -0.15) is 5.01 Å². The van der Waals surface area contributed by atoms with Crippen LogP contribution in [0.15, 0.2) is 54.6 Å². The number of amides is 4. The van der Waals surface area contributed by atoms with Gasteiger partial charge in [0.1, 0.15) is 5.54 Å². The molecule has 0 radical (unpaired) electrons. The Labute approximate surface area is 183 Å². The number of imide groups is 1. The van der Waals surface area contributed by atoms with Crippen LogP contribution in [0.4, 0.5) is 4.79 Å². The van der Waals surface area contributed by atoms with E-state index < -0.39 is 23.4 Å². The van der Waals surface area contributed by atoms with Gasteiger partial charge in [-0.1, -0.05) is 75.4 Å². The van der Waals surface area contributed by atoms with Gasteiger partial charge in [-0.3, -0.25) is 15.0 Å². The van der Waals surface area contributed by atoms with E-state index in [9.17, 15) is 14.4 Å². The second kappa shape index (κ2) is 9.31. The van der Waals surface area contributed by atoms with Crippen LogP contribution in [-0.2, 0) is 21.5 Å². The fraction of sp³-hybridized carbons (Fsp3) is 0.375. The Bertz CT molecular complexity index is 943. The van der Waals surface area contributed by atoms with E-state index in [0.717, 1.165) is 17.0 Å². The van der Waals surface area contributed by atoms with Gasteiger partial charge in [0.05, 0.1) is 6.54 Å². The minimum absolute atomic E-state index is 0.0303. The number of nitrogens with one attached hydrogen (secondary N) is 3. The van der Waals surface area contributed by atoms with Crippen molar-refractivity contribution in [3.05, 3.63) is 71.3 Å². The van der Waals surface area contributed by atoms with Gasteiger partial charge in [-0.05, 0) is 36.0 Å². The number of hydrogen-bond acceptors (Lipinski definition) is 4. The van der Waals surface area contributed by atoms with E-state index in [-0.39, 0.29) is 18.5 Å². The van der Waals surface area contributed by atoms with E-state index in [0.29, 0.717) is 5.56 Å². The van der Waals surface area contributed by atoms with Gasteiger partial charge in [-0.25, -0.2) is 4.79 Å². The van der Waals surface area contributed by atoms with Gasteiger partial charge in [0.25, 0.3) is 11.8 Å². The molecule has 0 bridgehead atoms. The Morgan fingerprint density at radius 3 is 2.29 bits per heavy atom. The maximum atomic E-state index is 12.9. The summed E-state index contributed by atoms with van der Waals surface area (Å²) >= 11 is 0. The van der Waals surface area contributed by atoms with Crippen molar-refractivity contribution in [2.24, 2.45) is 5.92 Å². The Kier molecular flexibility index (Phi) is 6.75. The molecule has 0 aromatic heterocycles. The van der Waals surface area contributed by atoms with Gasteiger partial charge in [0, 0.05) is 6.04 Å². The highest BCUT2D eigenvalue weighted by atomic mass is 16.2. The van der Waals surface area contributed by atoms with Crippen LogP contribution in [0.5, 0.6) is 0 Å². The molecule has 1 heterocycles. The molecule has 0 saturated carbocycles. The summed E-state index contributed by atoms with van der Waals surface area (Å²) in [4.78, 5) is 37.9. The highest BCUT2D eigenvalue weighted by Gasteiger charge is 2.49. The number of hydrazine groups is 1. The Morgan fingerprint density at radius 2 is 1.71 bits per heavy atom. The fourth-order valence-corrected chi connectivity index (χ4v) is 3.77. The standard InChI is InChI=1S/C24H30N4O3/c1-5-17-11-13-18(14-12-17)21(16(2)3)25-15-20(29)27-28-22(30)24(4,26-23(28)31)19-9-7-6-8-10-19/h6-14,16,21,25H,5,15H2,1-4H3,(H,26,31)(H,27,29)/t21-,24+/m1/s1. The highest BCUT2D eigenvalue weighted by molar-refractivity contribution is 6.08. The first-order valence-electron chi connectivity index (χ1n) is 10.6. The van der Waals surface area contributed by atoms with Crippen molar-refractivity contribution in [1.82, 2.24) is 21.1 Å². The van der Waals surface area contributed by atoms with Gasteiger partial charge >= 0.3 is 6.03 Å². The van der Waals surface area contributed by atoms with E-state index in [1.54, 1.807) is 31.2 Å². The summed E-state index contributed by atoms with van der Waals surface area (Å²) < 4.78 is 0. The van der Waals surface area contributed by atoms with E-state index in [1.165, 1.54) is 5.56 Å². The van der Waals surface area contributed by atoms with Crippen LogP contribution in [0.3, 0.4) is 0 Å². The van der Waals surface area contributed by atoms with E-state index in [1.807, 2.05) is 6.07 Å². The molecule has 0 unspecified atom stereocenters. The van der Waals surface area contributed by atoms with Crippen LogP contribution in [0.1, 0.15) is 50.4 Å². The molecule has 2 atom stereocenters. The number of carbonyl (C=O) groups is 3. The van der Waals surface area contributed by atoms with Crippen LogP contribution in [0.2, 0.25) is 0 Å². The fourth-order valence-electron chi connectivity index (χ4n) is 3.77. The molecular formula is C24H30N4O3. The molecule has 31 heavy (non-hydrogen) atoms. The summed E-state index contributed by atoms with van der Waals surface area (Å²) in [5.41, 5.74) is 4.21. The number of benzene rings is 2. The van der Waals surface area contributed by atoms with Crippen LogP contribution < -0.4 is 16.1 Å². The van der Waals surface area contributed by atoms with Crippen molar-refractivity contribution in [2.75, 3.05) is 6.54 Å². The lowest BCUT2D eigenvalue weighted by Gasteiger charge is -2.24. The third-order valence-electron chi connectivity index (χ3n) is 5.67. The number of aryl methyl sites for hydroxylation is 1. The molecule has 0 spiro atoms. The molecule has 0 aliphatic carbocycles. The lowest BCUT2D eigenvalue weighted by atomic mass is 9.92. The van der Waals surface area contributed by atoms with Crippen molar-refractivity contribution in [3.8, 4) is 0 Å². The Hall–Kier alpha value is -3.19. The second-order valence-electron chi connectivity index (χ2n) is 8.29. The normalized spacial score (nSPS) is 19.5. The summed E-state index contributed by atoms with van der Waals surface area (Å²) in [7, 11) is 0. The van der Waals surface area contributed by atoms with Gasteiger partial charge in [-0.15, -0.1) is 0 Å². The molecule has 3 N–H and O–H groups in total. The van der Waals surface area contributed by atoms with Crippen LogP contribution in [0.25, 0.3) is 0 Å². The number of nitrogens with zero attached hydrogens (tertiary/aromatic N) is 1. The molecule has 3 rings (SSSR count). The minimum atomic E-state index is -1.22. The van der Waals surface area contributed by atoms with Gasteiger partial charge in [0.15, 0.2) is 0 Å². The average Bonchev–Trinajstić information content (AvgIpc) is 2.98. The monoisotopic (exact) mass is 422 g/mol. The molecule has 7 nitrogen and oxygen atoms in total. The van der Waals surface area contributed by atoms with Crippen LogP contribution in [0, 0.1) is 5.92 Å². The number of hydrogen-bond donors (Lipinski definition) is 3. The molecular weight excluding hydrogens is 392 g/mol. The molecule has 164 valence electrons. The van der Waals surface area contributed by atoms with Crippen molar-refractivity contribution in [1.29, 1.82) is 0 Å². The summed E-state index contributed by atoms with van der Waals surface area (Å²) in [5.74, 6) is -0.734. The smallest absolute Gasteiger partial charge is 0.318 e. The first kappa shape index (κ1) is 22.5. The maximum Gasteiger partial charge on any atom is 0.344 e. The summed E-state index contributed by atoms with van der Waals surface area (Å²) in [6.07, 6.45) is 0.969. The van der Waals surface area contributed by atoms with Gasteiger partial charge in [0.2, 0.25) is 0 Å². The van der Waals surface area contributed by atoms with Crippen LogP contribution in [-0.4, -0.2) is 29.4 Å². The predicted molar refractivity (Wildman–Crippen MR) is 119 cm³/mol. The van der Waals surface area contributed by atoms with Crippen molar-refractivity contribution in [3.63, 3.8) is 0 Å². The zero-order chi connectivity index (χ0) is 22.6. The lowest BCUT2D eigenvalue weighted by Crippen LogP contribution is -2.50. The molecule has 7 heteroatoms. The second-order valence-corrected chi connectivity index (χ2v) is 8.29. The van der Waals surface area contributed by atoms with Crippen molar-refractivity contribution in [2.45, 2.75) is 45.7 Å². The number of rotatable bonds is 8. The molecule has 4 amide bonds. The number of urea groups is 1. The third kappa shape index (κ3) is 4.77. The summed E-state index contributed by atoms with van der Waals surface area (Å²) in [6, 6.07) is 16.6. The van der Waals surface area contributed by atoms with Gasteiger partial charge < -0.3 is 10.6 Å². The average molecular weight is 423 g/mol. The zero-order valence-electron chi connectivity index (χ0n) is 18.4. The molecule has 1 aliphatic rings. The maximum absolute atomic E-state index is 12.9. The Morgan fingerprint density at radius 1 is 1.06 bits per heavy atom. The van der Waals surface area contributed by atoms with E-state index in [2.05, 4.69) is 61.1 Å². The van der Waals surface area contributed by atoms with Crippen molar-refractivity contribution >= 4 is 17.8 Å². The first-order valence-corrected chi connectivity index (χ1v) is 10.6. The lowest BCUT2D eigenvalue weighted by molar-refractivity contribution is -0.138. The van der Waals surface area contributed by atoms with E-state index >= 15 is 0 Å². The molecule has 1 saturated heterocycles. The van der Waals surface area contributed by atoms with E-state index in [4.69, 9.17) is 0 Å². The molecule has 2 aromatic carbocycles. The molecule has 1 aliphatic heterocycles. The summed E-state index contributed by atoms with van der Waals surface area (Å²) in [5, 5.41) is 6.68. The third-order valence-corrected chi connectivity index (χ3v) is 5.67. The van der Waals surface area contributed by atoms with Crippen molar-refractivity contribution < 1.29 is 14.4 Å². The minimum Gasteiger partial charge on any atom is -0.318 e. The zero-order valence-corrected chi connectivity index (χ0v) is 18.4. The SMILES string of the molecule is CCc1ccc([C@H](NCC(=O)NN2C(=O)N[C@@](C)(c3ccccc3)C2=O)C(C)C)cc1.